The minimum Gasteiger partial charge on any atom is -0.349 e. The highest BCUT2D eigenvalue weighted by molar-refractivity contribution is 7.99. The normalized spacial score (nSPS) is 16.4. The van der Waals surface area contributed by atoms with Gasteiger partial charge >= 0.3 is 5.69 Å². The first-order valence-corrected chi connectivity index (χ1v) is 9.79. The van der Waals surface area contributed by atoms with Crippen LogP contribution in [0.25, 0.3) is 11.0 Å². The van der Waals surface area contributed by atoms with Crippen LogP contribution in [0.2, 0.25) is 0 Å². The molecule has 4 rings (SSSR count). The Morgan fingerprint density at radius 3 is 2.73 bits per heavy atom. The molecule has 0 bridgehead atoms. The van der Waals surface area contributed by atoms with Crippen LogP contribution in [0.3, 0.4) is 0 Å². The van der Waals surface area contributed by atoms with Gasteiger partial charge in [-0.2, -0.15) is 0 Å². The molecule has 26 heavy (non-hydrogen) atoms. The second-order valence-corrected chi connectivity index (χ2v) is 7.66. The summed E-state index contributed by atoms with van der Waals surface area (Å²) in [5, 5.41) is 3.15. The summed E-state index contributed by atoms with van der Waals surface area (Å²) in [6.07, 6.45) is 1.22. The molecule has 1 atom stereocenters. The van der Waals surface area contributed by atoms with E-state index in [0.29, 0.717) is 13.0 Å². The predicted octanol–water partition coefficient (Wildman–Crippen LogP) is 3.08. The van der Waals surface area contributed by atoms with Gasteiger partial charge in [0.1, 0.15) is 0 Å². The number of hydrogen-bond acceptors (Lipinski definition) is 3. The van der Waals surface area contributed by atoms with Gasteiger partial charge in [0.2, 0.25) is 5.91 Å². The molecule has 2 heterocycles. The molecule has 1 unspecified atom stereocenters. The molecule has 0 saturated carbocycles. The van der Waals surface area contributed by atoms with E-state index in [1.165, 1.54) is 10.5 Å². The molecule has 0 radical (unpaired) electrons. The molecule has 134 valence electrons. The van der Waals surface area contributed by atoms with Crippen molar-refractivity contribution in [1.29, 1.82) is 0 Å². The summed E-state index contributed by atoms with van der Waals surface area (Å²) >= 11 is 1.84. The fraction of sp³-hybridized carbons (Fsp3) is 0.300. The van der Waals surface area contributed by atoms with Crippen molar-refractivity contribution in [3.63, 3.8) is 0 Å². The Balaban J connectivity index is 1.48. The van der Waals surface area contributed by atoms with Gasteiger partial charge in [0.05, 0.1) is 17.1 Å². The van der Waals surface area contributed by atoms with Crippen molar-refractivity contribution in [2.75, 3.05) is 5.75 Å². The minimum absolute atomic E-state index is 0.0171. The fourth-order valence-corrected chi connectivity index (χ4v) is 4.68. The quantitative estimate of drug-likeness (QED) is 0.771. The first kappa shape index (κ1) is 17.0. The van der Waals surface area contributed by atoms with Gasteiger partial charge in [0.25, 0.3) is 0 Å². The number of aromatic nitrogens is 2. The van der Waals surface area contributed by atoms with E-state index in [-0.39, 0.29) is 17.6 Å². The van der Waals surface area contributed by atoms with Crippen LogP contribution in [0.15, 0.2) is 58.2 Å². The van der Waals surface area contributed by atoms with Crippen molar-refractivity contribution in [3.8, 4) is 0 Å². The highest BCUT2D eigenvalue weighted by Gasteiger charge is 2.22. The number of carbonyl (C=O) groups excluding carboxylic acids is 1. The van der Waals surface area contributed by atoms with Gasteiger partial charge < -0.3 is 5.32 Å². The molecular formula is C20H21N3O2S. The van der Waals surface area contributed by atoms with Crippen LogP contribution < -0.4 is 11.0 Å². The summed E-state index contributed by atoms with van der Waals surface area (Å²) in [5.41, 5.74) is 2.86. The highest BCUT2D eigenvalue weighted by Crippen LogP contribution is 2.35. The summed E-state index contributed by atoms with van der Waals surface area (Å²) in [7, 11) is 1.76. The monoisotopic (exact) mass is 367 g/mol. The van der Waals surface area contributed by atoms with Gasteiger partial charge in [-0.3, -0.25) is 13.9 Å². The van der Waals surface area contributed by atoms with Crippen molar-refractivity contribution in [2.45, 2.75) is 30.3 Å². The highest BCUT2D eigenvalue weighted by atomic mass is 32.2. The zero-order valence-corrected chi connectivity index (χ0v) is 15.5. The number of para-hydroxylation sites is 2. The van der Waals surface area contributed by atoms with Gasteiger partial charge in [-0.15, -0.1) is 11.8 Å². The van der Waals surface area contributed by atoms with Crippen molar-refractivity contribution < 1.29 is 4.79 Å². The van der Waals surface area contributed by atoms with Crippen LogP contribution in [0.4, 0.5) is 0 Å². The molecule has 0 spiro atoms. The maximum Gasteiger partial charge on any atom is 0.328 e. The van der Waals surface area contributed by atoms with Gasteiger partial charge in [-0.25, -0.2) is 4.79 Å². The van der Waals surface area contributed by atoms with Crippen LogP contribution in [0, 0.1) is 0 Å². The summed E-state index contributed by atoms with van der Waals surface area (Å²) in [5.74, 6) is 0.988. The molecule has 3 aromatic rings. The van der Waals surface area contributed by atoms with Crippen LogP contribution in [0.1, 0.15) is 24.4 Å². The number of rotatable bonds is 4. The Morgan fingerprint density at radius 1 is 1.15 bits per heavy atom. The molecule has 2 aromatic carbocycles. The maximum absolute atomic E-state index is 12.5. The number of thioether (sulfide) groups is 1. The molecule has 0 saturated heterocycles. The number of benzene rings is 2. The summed E-state index contributed by atoms with van der Waals surface area (Å²) in [6.45, 7) is 0.384. The number of nitrogens with zero attached hydrogens (tertiary/aromatic N) is 2. The lowest BCUT2D eigenvalue weighted by atomic mass is 10.0. The third-order valence-electron chi connectivity index (χ3n) is 4.91. The number of imidazole rings is 1. The second-order valence-electron chi connectivity index (χ2n) is 6.53. The maximum atomic E-state index is 12.5. The molecular weight excluding hydrogens is 346 g/mol. The van der Waals surface area contributed by atoms with Crippen molar-refractivity contribution in [2.24, 2.45) is 7.05 Å². The van der Waals surface area contributed by atoms with E-state index in [4.69, 9.17) is 0 Å². The van der Waals surface area contributed by atoms with E-state index in [9.17, 15) is 9.59 Å². The predicted molar refractivity (Wildman–Crippen MR) is 104 cm³/mol. The van der Waals surface area contributed by atoms with Gasteiger partial charge in [0, 0.05) is 30.7 Å². The zero-order chi connectivity index (χ0) is 18.1. The van der Waals surface area contributed by atoms with Gasteiger partial charge in [-0.05, 0) is 30.2 Å². The third kappa shape index (κ3) is 3.05. The lowest BCUT2D eigenvalue weighted by Crippen LogP contribution is -2.32. The topological polar surface area (TPSA) is 56.0 Å². The van der Waals surface area contributed by atoms with Crippen LogP contribution >= 0.6 is 11.8 Å². The molecule has 1 amide bonds. The Bertz CT molecular complexity index is 1020. The lowest BCUT2D eigenvalue weighted by molar-refractivity contribution is -0.122. The Labute approximate surface area is 156 Å². The second kappa shape index (κ2) is 7.03. The van der Waals surface area contributed by atoms with Crippen molar-refractivity contribution >= 4 is 28.7 Å². The van der Waals surface area contributed by atoms with Crippen LogP contribution in [0.5, 0.6) is 0 Å². The number of amides is 1. The zero-order valence-electron chi connectivity index (χ0n) is 14.6. The Morgan fingerprint density at radius 2 is 1.88 bits per heavy atom. The Kier molecular flexibility index (Phi) is 4.59. The number of nitrogens with one attached hydrogen (secondary N) is 1. The van der Waals surface area contributed by atoms with Gasteiger partial charge in [-0.1, -0.05) is 30.3 Å². The first-order valence-electron chi connectivity index (χ1n) is 8.80. The average molecular weight is 367 g/mol. The number of fused-ring (bicyclic) bond motifs is 2. The molecule has 1 aliphatic rings. The van der Waals surface area contributed by atoms with Crippen molar-refractivity contribution in [1.82, 2.24) is 14.5 Å². The number of hydrogen-bond donors (Lipinski definition) is 1. The summed E-state index contributed by atoms with van der Waals surface area (Å²) in [4.78, 5) is 26.2. The summed E-state index contributed by atoms with van der Waals surface area (Å²) < 4.78 is 3.31. The van der Waals surface area contributed by atoms with Crippen LogP contribution in [-0.2, 0) is 18.4 Å². The average Bonchev–Trinajstić information content (AvgIpc) is 2.91. The van der Waals surface area contributed by atoms with E-state index >= 15 is 0 Å². The van der Waals surface area contributed by atoms with E-state index in [0.717, 1.165) is 23.2 Å². The standard InChI is InChI=1S/C20H21N3O2S/c1-22-16-7-3-4-8-17(16)23(20(22)25)12-10-19(24)21-15-11-13-26-18-9-5-2-6-14(15)18/h2-9,15H,10-13H2,1H3,(H,21,24). The Hall–Kier alpha value is -2.47. The van der Waals surface area contributed by atoms with E-state index in [2.05, 4.69) is 17.4 Å². The smallest absolute Gasteiger partial charge is 0.328 e. The SMILES string of the molecule is Cn1c(=O)n(CCC(=O)NC2CCSc3ccccc32)c2ccccc21. The number of carbonyl (C=O) groups is 1. The largest absolute Gasteiger partial charge is 0.349 e. The van der Waals surface area contributed by atoms with Crippen LogP contribution in [-0.4, -0.2) is 20.8 Å². The van der Waals surface area contributed by atoms with E-state index < -0.39 is 0 Å². The number of aryl methyl sites for hydroxylation is 2. The first-order chi connectivity index (χ1) is 12.6. The minimum atomic E-state index is -0.0848. The van der Waals surface area contributed by atoms with Gasteiger partial charge in [0.15, 0.2) is 0 Å². The molecule has 5 nitrogen and oxygen atoms in total. The molecule has 0 fully saturated rings. The fourth-order valence-electron chi connectivity index (χ4n) is 3.55. The summed E-state index contributed by atoms with van der Waals surface area (Å²) in [6, 6.07) is 16.0. The van der Waals surface area contributed by atoms with E-state index in [1.807, 2.05) is 48.2 Å². The molecule has 1 aliphatic heterocycles. The van der Waals surface area contributed by atoms with E-state index in [1.54, 1.807) is 16.2 Å². The lowest BCUT2D eigenvalue weighted by Gasteiger charge is -2.25. The molecule has 6 heteroatoms. The van der Waals surface area contributed by atoms with Crippen molar-refractivity contribution in [3.05, 3.63) is 64.6 Å². The molecule has 1 aromatic heterocycles. The molecule has 0 aliphatic carbocycles. The molecule has 1 N–H and O–H groups in total. The third-order valence-corrected chi connectivity index (χ3v) is 6.03.